The van der Waals surface area contributed by atoms with Crippen molar-refractivity contribution in [3.8, 4) is 11.5 Å². The van der Waals surface area contributed by atoms with Gasteiger partial charge in [-0.05, 0) is 157 Å². The molecule has 1 aliphatic heterocycles. The van der Waals surface area contributed by atoms with Crippen LogP contribution in [-0.2, 0) is 4.74 Å². The summed E-state index contributed by atoms with van der Waals surface area (Å²) >= 11 is 0. The number of esters is 3. The minimum absolute atomic E-state index is 0.0839. The Bertz CT molecular complexity index is 1780. The Labute approximate surface area is 283 Å². The fourth-order valence-corrected chi connectivity index (χ4v) is 11.9. The Morgan fingerprint density at radius 3 is 2.31 bits per heavy atom. The van der Waals surface area contributed by atoms with Crippen molar-refractivity contribution in [2.75, 3.05) is 0 Å². The maximum atomic E-state index is 13.2. The maximum absolute atomic E-state index is 13.2. The average Bonchev–Trinajstić information content (AvgIpc) is 3.58. The van der Waals surface area contributed by atoms with Crippen molar-refractivity contribution in [2.45, 2.75) is 90.4 Å². The molecule has 3 aromatic rings. The van der Waals surface area contributed by atoms with Crippen LogP contribution in [0.5, 0.6) is 11.5 Å². The second-order valence-electron chi connectivity index (χ2n) is 16.0. The number of ether oxygens (including phenoxy) is 2. The van der Waals surface area contributed by atoms with Crippen LogP contribution in [0.4, 0.5) is 0 Å². The third-order valence-corrected chi connectivity index (χ3v) is 14.1. The van der Waals surface area contributed by atoms with Crippen LogP contribution in [-0.4, -0.2) is 23.0 Å². The lowest BCUT2D eigenvalue weighted by Crippen LogP contribution is -2.55. The molecule has 4 fully saturated rings. The van der Waals surface area contributed by atoms with Gasteiger partial charge in [0.25, 0.3) is 0 Å². The molecule has 0 saturated heterocycles. The standard InChI is InChI=1S/C42H46O6/c1-4-27-11-16-34-32-15-17-36-37(24-8-12-28(43)13-9-24)30(18-20-42(36,3)35(32)19-21-41(27,34)2)25-6-5-7-29(22-25)47-38(44)26-10-14-31-33(23-26)40(46)48-39(31)45/h5-10,12-14,22-23,27,30,32,34-37,43H,4,11,15-21H2,1-3H3. The van der Waals surface area contributed by atoms with Crippen LogP contribution in [0.3, 0.4) is 0 Å². The average molecular weight is 647 g/mol. The first kappa shape index (κ1) is 31.3. The molecule has 0 spiro atoms. The highest BCUT2D eigenvalue weighted by Crippen LogP contribution is 2.70. The molecule has 9 unspecified atom stereocenters. The number of aromatic hydroxyl groups is 1. The number of hydrogen-bond donors (Lipinski definition) is 1. The number of carbonyl (C=O) groups is 3. The number of cyclic esters (lactones) is 2. The lowest BCUT2D eigenvalue weighted by atomic mass is 9.42. The number of phenolic OH excluding ortho intramolecular Hbond substituents is 1. The van der Waals surface area contributed by atoms with Crippen molar-refractivity contribution < 1.29 is 29.0 Å². The first-order valence-electron chi connectivity index (χ1n) is 18.1. The topological polar surface area (TPSA) is 89.9 Å². The molecular weight excluding hydrogens is 600 g/mol. The van der Waals surface area contributed by atoms with Crippen molar-refractivity contribution in [2.24, 2.45) is 40.4 Å². The number of carbonyl (C=O) groups excluding carboxylic acids is 3. The summed E-state index contributed by atoms with van der Waals surface area (Å²) in [6.45, 7) is 7.64. The molecule has 4 aliphatic carbocycles. The van der Waals surface area contributed by atoms with Crippen LogP contribution in [0, 0.1) is 40.4 Å². The Morgan fingerprint density at radius 2 is 1.52 bits per heavy atom. The van der Waals surface area contributed by atoms with E-state index in [2.05, 4.69) is 43.7 Å². The first-order chi connectivity index (χ1) is 23.1. The fourth-order valence-electron chi connectivity index (χ4n) is 11.9. The van der Waals surface area contributed by atoms with Gasteiger partial charge < -0.3 is 14.6 Å². The lowest BCUT2D eigenvalue weighted by molar-refractivity contribution is -0.120. The van der Waals surface area contributed by atoms with Crippen molar-refractivity contribution in [1.82, 2.24) is 0 Å². The van der Waals surface area contributed by atoms with E-state index in [1.807, 2.05) is 24.3 Å². The summed E-state index contributed by atoms with van der Waals surface area (Å²) in [5, 5.41) is 10.2. The Morgan fingerprint density at radius 1 is 0.792 bits per heavy atom. The quantitative estimate of drug-likeness (QED) is 0.169. The largest absolute Gasteiger partial charge is 0.508 e. The summed E-state index contributed by atoms with van der Waals surface area (Å²) < 4.78 is 10.5. The number of fused-ring (bicyclic) bond motifs is 6. The molecule has 48 heavy (non-hydrogen) atoms. The minimum Gasteiger partial charge on any atom is -0.508 e. The molecule has 0 radical (unpaired) electrons. The van der Waals surface area contributed by atoms with Gasteiger partial charge in [0.2, 0.25) is 0 Å². The fraction of sp³-hybridized carbons (Fsp3) is 0.500. The van der Waals surface area contributed by atoms with E-state index >= 15 is 0 Å². The van der Waals surface area contributed by atoms with Crippen molar-refractivity contribution >= 4 is 17.9 Å². The highest BCUT2D eigenvalue weighted by molar-refractivity contribution is 6.15. The van der Waals surface area contributed by atoms with Gasteiger partial charge in [-0.25, -0.2) is 14.4 Å². The van der Waals surface area contributed by atoms with Crippen LogP contribution in [0.2, 0.25) is 0 Å². The number of rotatable bonds is 5. The molecule has 9 atom stereocenters. The van der Waals surface area contributed by atoms with E-state index in [0.717, 1.165) is 35.7 Å². The van der Waals surface area contributed by atoms with Gasteiger partial charge in [0.1, 0.15) is 11.5 Å². The van der Waals surface area contributed by atoms with Crippen molar-refractivity contribution in [3.05, 3.63) is 94.5 Å². The first-order valence-corrected chi connectivity index (χ1v) is 18.1. The summed E-state index contributed by atoms with van der Waals surface area (Å²) in [6.07, 6.45) is 11.6. The Balaban J connectivity index is 1.09. The van der Waals surface area contributed by atoms with E-state index in [1.54, 1.807) is 6.07 Å². The molecule has 8 rings (SSSR count). The molecule has 6 nitrogen and oxygen atoms in total. The third kappa shape index (κ3) is 4.84. The zero-order valence-electron chi connectivity index (χ0n) is 28.2. The lowest BCUT2D eigenvalue weighted by Gasteiger charge is -2.63. The zero-order valence-corrected chi connectivity index (χ0v) is 28.2. The summed E-state index contributed by atoms with van der Waals surface area (Å²) in [5.74, 6) is 3.05. The second-order valence-corrected chi connectivity index (χ2v) is 16.0. The monoisotopic (exact) mass is 646 g/mol. The predicted octanol–water partition coefficient (Wildman–Crippen LogP) is 9.47. The summed E-state index contributed by atoms with van der Waals surface area (Å²) in [4.78, 5) is 37.2. The van der Waals surface area contributed by atoms with Crippen molar-refractivity contribution in [1.29, 1.82) is 0 Å². The van der Waals surface area contributed by atoms with E-state index in [1.165, 1.54) is 75.1 Å². The molecule has 0 aromatic heterocycles. The van der Waals surface area contributed by atoms with Crippen molar-refractivity contribution in [3.63, 3.8) is 0 Å². The molecule has 4 saturated carbocycles. The van der Waals surface area contributed by atoms with Gasteiger partial charge in [0, 0.05) is 0 Å². The van der Waals surface area contributed by atoms with Gasteiger partial charge in [-0.15, -0.1) is 0 Å². The highest BCUT2D eigenvalue weighted by atomic mass is 16.6. The molecule has 250 valence electrons. The molecule has 3 aromatic carbocycles. The molecule has 0 bridgehead atoms. The van der Waals surface area contributed by atoms with Crippen LogP contribution >= 0.6 is 0 Å². The summed E-state index contributed by atoms with van der Waals surface area (Å²) in [5.41, 5.74) is 3.63. The predicted molar refractivity (Wildman–Crippen MR) is 182 cm³/mol. The highest BCUT2D eigenvalue weighted by Gasteiger charge is 2.61. The smallest absolute Gasteiger partial charge is 0.346 e. The second kappa shape index (κ2) is 11.6. The minimum atomic E-state index is -0.749. The SMILES string of the molecule is CCC1CCC2C3CCC4C(c5ccc(O)cc5)C(c5cccc(OC(=O)c6ccc7c(c6)C(=O)OC7=O)c5)CCC4(C)C3CCC12C. The van der Waals surface area contributed by atoms with Crippen LogP contribution in [0.15, 0.2) is 66.7 Å². The van der Waals surface area contributed by atoms with Gasteiger partial charge in [-0.3, -0.25) is 0 Å². The van der Waals surface area contributed by atoms with E-state index in [9.17, 15) is 19.5 Å². The number of phenols is 1. The van der Waals surface area contributed by atoms with Crippen LogP contribution in [0.1, 0.15) is 133 Å². The van der Waals surface area contributed by atoms with Gasteiger partial charge in [0.15, 0.2) is 0 Å². The van der Waals surface area contributed by atoms with Crippen LogP contribution in [0.25, 0.3) is 0 Å². The molecule has 0 amide bonds. The molecule has 6 heteroatoms. The molecular formula is C42H46O6. The molecule has 1 N–H and O–H groups in total. The zero-order chi connectivity index (χ0) is 33.4. The Hall–Kier alpha value is -3.93. The van der Waals surface area contributed by atoms with E-state index < -0.39 is 17.9 Å². The van der Waals surface area contributed by atoms with E-state index in [4.69, 9.17) is 4.74 Å². The summed E-state index contributed by atoms with van der Waals surface area (Å²) in [6, 6.07) is 20.1. The normalized spacial score (nSPS) is 35.2. The van der Waals surface area contributed by atoms with Gasteiger partial charge in [-0.2, -0.15) is 0 Å². The number of hydrogen-bond acceptors (Lipinski definition) is 6. The summed E-state index contributed by atoms with van der Waals surface area (Å²) in [7, 11) is 0. The van der Waals surface area contributed by atoms with Crippen LogP contribution < -0.4 is 4.74 Å². The van der Waals surface area contributed by atoms with Gasteiger partial charge in [-0.1, -0.05) is 51.5 Å². The molecule has 5 aliphatic rings. The third-order valence-electron chi connectivity index (χ3n) is 14.1. The Kier molecular flexibility index (Phi) is 7.57. The van der Waals surface area contributed by atoms with Gasteiger partial charge >= 0.3 is 17.9 Å². The van der Waals surface area contributed by atoms with E-state index in [-0.39, 0.29) is 39.7 Å². The number of benzene rings is 3. The van der Waals surface area contributed by atoms with E-state index in [0.29, 0.717) is 17.1 Å². The van der Waals surface area contributed by atoms with Gasteiger partial charge in [0.05, 0.1) is 16.7 Å². The molecule has 1 heterocycles. The maximum Gasteiger partial charge on any atom is 0.346 e.